The minimum atomic E-state index is -3.57. The maximum atomic E-state index is 11.9. The molecule has 7 nitrogen and oxygen atoms in total. The van der Waals surface area contributed by atoms with Crippen LogP contribution in [0.15, 0.2) is 12.4 Å². The first-order valence-electron chi connectivity index (χ1n) is 5.92. The van der Waals surface area contributed by atoms with Crippen molar-refractivity contribution in [2.45, 2.75) is 32.1 Å². The smallest absolute Gasteiger partial charge is 0.259 e. The summed E-state index contributed by atoms with van der Waals surface area (Å²) in [5, 5.41) is 2.98. The van der Waals surface area contributed by atoms with Crippen molar-refractivity contribution in [1.29, 1.82) is 0 Å². The Balaban J connectivity index is 2.13. The number of aromatic nitrogens is 2. The molecule has 1 N–H and O–H groups in total. The molecule has 1 aromatic rings. The van der Waals surface area contributed by atoms with Crippen molar-refractivity contribution in [3.63, 3.8) is 0 Å². The fourth-order valence-corrected chi connectivity index (χ4v) is 3.27. The Hall–Kier alpha value is -1.70. The van der Waals surface area contributed by atoms with E-state index in [0.717, 1.165) is 10.8 Å². The molecular formula is C11H16N4O3S. The molecule has 0 unspecified atom stereocenters. The number of nitrogens with one attached hydrogen (secondary N) is 1. The van der Waals surface area contributed by atoms with Crippen LogP contribution in [0.1, 0.15) is 26.5 Å². The molecule has 1 aliphatic rings. The third-order valence-corrected chi connectivity index (χ3v) is 5.38. The quantitative estimate of drug-likeness (QED) is 0.858. The molecule has 0 spiro atoms. The number of anilines is 1. The van der Waals surface area contributed by atoms with E-state index in [1.807, 2.05) is 6.92 Å². The van der Waals surface area contributed by atoms with E-state index in [2.05, 4.69) is 15.3 Å². The summed E-state index contributed by atoms with van der Waals surface area (Å²) in [6.45, 7) is 5.40. The van der Waals surface area contributed by atoms with Crippen molar-refractivity contribution in [2.75, 3.05) is 11.9 Å². The van der Waals surface area contributed by atoms with Crippen molar-refractivity contribution in [1.82, 2.24) is 14.3 Å². The van der Waals surface area contributed by atoms with Crippen LogP contribution >= 0.6 is 0 Å². The van der Waals surface area contributed by atoms with E-state index in [4.69, 9.17) is 0 Å². The lowest BCUT2D eigenvalue weighted by molar-refractivity contribution is -0.132. The molecule has 8 heteroatoms. The number of hydrogen-bond donors (Lipinski definition) is 1. The summed E-state index contributed by atoms with van der Waals surface area (Å²) in [6, 6.07) is 0. The normalized spacial score (nSPS) is 19.9. The zero-order valence-electron chi connectivity index (χ0n) is 11.0. The summed E-state index contributed by atoms with van der Waals surface area (Å²) >= 11 is 0. The lowest BCUT2D eigenvalue weighted by atomic mass is 10.2. The molecule has 0 aromatic carbocycles. The standard InChI is InChI=1S/C11H16N4O3S/c1-4-12-9-6-13-8(5-14-9)7-15-10(16)11(2,3)19(15,17)18/h5-6H,4,7H2,1-3H3,(H,12,14). The molecule has 1 aliphatic heterocycles. The second-order valence-electron chi connectivity index (χ2n) is 4.75. The van der Waals surface area contributed by atoms with Crippen molar-refractivity contribution in [3.05, 3.63) is 18.1 Å². The predicted molar refractivity (Wildman–Crippen MR) is 69.7 cm³/mol. The second-order valence-corrected chi connectivity index (χ2v) is 7.16. The van der Waals surface area contributed by atoms with Crippen LogP contribution in [0.4, 0.5) is 5.82 Å². The molecule has 0 saturated carbocycles. The Labute approximate surface area is 112 Å². The third-order valence-electron chi connectivity index (χ3n) is 3.05. The topological polar surface area (TPSA) is 92.3 Å². The zero-order chi connectivity index (χ0) is 14.3. The van der Waals surface area contributed by atoms with Gasteiger partial charge in [-0.25, -0.2) is 17.7 Å². The molecule has 1 aromatic heterocycles. The van der Waals surface area contributed by atoms with E-state index in [1.54, 1.807) is 0 Å². The average Bonchev–Trinajstić information content (AvgIpc) is 2.37. The molecule has 1 fully saturated rings. The van der Waals surface area contributed by atoms with Gasteiger partial charge in [0.2, 0.25) is 0 Å². The SMILES string of the molecule is CCNc1cnc(CN2C(=O)C(C)(C)S2(=O)=O)cn1. The summed E-state index contributed by atoms with van der Waals surface area (Å²) < 4.78 is 23.3. The van der Waals surface area contributed by atoms with Gasteiger partial charge in [0.05, 0.1) is 24.6 Å². The van der Waals surface area contributed by atoms with Crippen LogP contribution in [0.25, 0.3) is 0 Å². The Morgan fingerprint density at radius 3 is 2.47 bits per heavy atom. The van der Waals surface area contributed by atoms with Crippen LogP contribution in [-0.2, 0) is 21.4 Å². The number of carbonyl (C=O) groups excluding carboxylic acids is 1. The van der Waals surface area contributed by atoms with Gasteiger partial charge in [0.15, 0.2) is 4.75 Å². The van der Waals surface area contributed by atoms with Gasteiger partial charge >= 0.3 is 0 Å². The van der Waals surface area contributed by atoms with E-state index in [9.17, 15) is 13.2 Å². The van der Waals surface area contributed by atoms with Crippen LogP contribution in [0.5, 0.6) is 0 Å². The van der Waals surface area contributed by atoms with Gasteiger partial charge in [-0.3, -0.25) is 9.78 Å². The van der Waals surface area contributed by atoms with E-state index >= 15 is 0 Å². The van der Waals surface area contributed by atoms with Gasteiger partial charge in [-0.05, 0) is 20.8 Å². The first-order chi connectivity index (χ1) is 8.80. The van der Waals surface area contributed by atoms with Crippen LogP contribution in [0, 0.1) is 0 Å². The predicted octanol–water partition coefficient (Wildman–Crippen LogP) is 0.359. The van der Waals surface area contributed by atoms with Gasteiger partial charge in [-0.2, -0.15) is 0 Å². The van der Waals surface area contributed by atoms with Crippen molar-refractivity contribution in [3.8, 4) is 0 Å². The second kappa shape index (κ2) is 4.44. The largest absolute Gasteiger partial charge is 0.369 e. The molecule has 0 bridgehead atoms. The molecule has 104 valence electrons. The van der Waals surface area contributed by atoms with E-state index in [1.165, 1.54) is 26.2 Å². The number of rotatable bonds is 4. The highest BCUT2D eigenvalue weighted by molar-refractivity contribution is 7.94. The summed E-state index contributed by atoms with van der Waals surface area (Å²) in [4.78, 5) is 19.9. The fourth-order valence-electron chi connectivity index (χ4n) is 1.77. The Bertz CT molecular complexity index is 595. The lowest BCUT2D eigenvalue weighted by Gasteiger charge is -2.42. The van der Waals surface area contributed by atoms with Gasteiger partial charge in [0.25, 0.3) is 15.9 Å². The maximum Gasteiger partial charge on any atom is 0.259 e. The van der Waals surface area contributed by atoms with E-state index in [0.29, 0.717) is 11.5 Å². The molecule has 1 amide bonds. The number of amides is 1. The minimum absolute atomic E-state index is 0.0655. The highest BCUT2D eigenvalue weighted by Crippen LogP contribution is 2.35. The molecule has 2 heterocycles. The highest BCUT2D eigenvalue weighted by Gasteiger charge is 2.60. The van der Waals surface area contributed by atoms with E-state index in [-0.39, 0.29) is 6.54 Å². The van der Waals surface area contributed by atoms with Crippen LogP contribution in [-0.4, -0.2) is 39.9 Å². The number of nitrogens with zero attached hydrogens (tertiary/aromatic N) is 3. The Morgan fingerprint density at radius 2 is 2.00 bits per heavy atom. The number of carbonyl (C=O) groups is 1. The van der Waals surface area contributed by atoms with Gasteiger partial charge in [0, 0.05) is 6.54 Å². The van der Waals surface area contributed by atoms with Gasteiger partial charge in [-0.1, -0.05) is 0 Å². The van der Waals surface area contributed by atoms with Crippen LogP contribution in [0.3, 0.4) is 0 Å². The fraction of sp³-hybridized carbons (Fsp3) is 0.545. The number of hydrogen-bond acceptors (Lipinski definition) is 6. The van der Waals surface area contributed by atoms with Crippen molar-refractivity contribution < 1.29 is 13.2 Å². The molecule has 2 rings (SSSR count). The monoisotopic (exact) mass is 284 g/mol. The molecular weight excluding hydrogens is 268 g/mol. The summed E-state index contributed by atoms with van der Waals surface area (Å²) in [5.41, 5.74) is 0.439. The van der Waals surface area contributed by atoms with E-state index < -0.39 is 20.7 Å². The average molecular weight is 284 g/mol. The summed E-state index contributed by atoms with van der Waals surface area (Å²) in [5.74, 6) is 0.203. The first kappa shape index (κ1) is 13.7. The van der Waals surface area contributed by atoms with Crippen LogP contribution in [0.2, 0.25) is 0 Å². The molecule has 0 aliphatic carbocycles. The van der Waals surface area contributed by atoms with Gasteiger partial charge in [0.1, 0.15) is 5.82 Å². The summed E-state index contributed by atoms with van der Waals surface area (Å²) in [6.07, 6.45) is 2.98. The summed E-state index contributed by atoms with van der Waals surface area (Å²) in [7, 11) is -3.57. The lowest BCUT2D eigenvalue weighted by Crippen LogP contribution is -2.66. The van der Waals surface area contributed by atoms with Crippen molar-refractivity contribution >= 4 is 21.7 Å². The van der Waals surface area contributed by atoms with Gasteiger partial charge in [-0.15, -0.1) is 0 Å². The molecule has 0 radical (unpaired) electrons. The molecule has 19 heavy (non-hydrogen) atoms. The molecule has 0 atom stereocenters. The maximum absolute atomic E-state index is 11.9. The Kier molecular flexibility index (Phi) is 3.21. The Morgan fingerprint density at radius 1 is 1.32 bits per heavy atom. The molecule has 1 saturated heterocycles. The highest BCUT2D eigenvalue weighted by atomic mass is 32.2. The van der Waals surface area contributed by atoms with Gasteiger partial charge < -0.3 is 5.32 Å². The minimum Gasteiger partial charge on any atom is -0.369 e. The van der Waals surface area contributed by atoms with Crippen LogP contribution < -0.4 is 5.32 Å². The zero-order valence-corrected chi connectivity index (χ0v) is 11.9. The number of sulfonamides is 1. The third kappa shape index (κ3) is 2.05. The first-order valence-corrected chi connectivity index (χ1v) is 7.36. The van der Waals surface area contributed by atoms with Crippen molar-refractivity contribution in [2.24, 2.45) is 0 Å².